The molecule has 1 aliphatic carbocycles. The minimum atomic E-state index is -0.139. The molecule has 0 amide bonds. The van der Waals surface area contributed by atoms with Crippen LogP contribution in [0.4, 0.5) is 0 Å². The molecule has 7 nitrogen and oxygen atoms in total. The molecule has 1 aliphatic rings. The van der Waals surface area contributed by atoms with Crippen LogP contribution in [0.3, 0.4) is 0 Å². The van der Waals surface area contributed by atoms with Crippen molar-refractivity contribution >= 4 is 0 Å². The molecule has 2 aromatic rings. The Kier molecular flexibility index (Phi) is 4.33. The highest BCUT2D eigenvalue weighted by molar-refractivity contribution is 5.56. The lowest BCUT2D eigenvalue weighted by Crippen LogP contribution is -2.20. The molecular weight excluding hydrogens is 282 g/mol. The fourth-order valence-electron chi connectivity index (χ4n) is 2.79. The number of hydrogen-bond acceptors (Lipinski definition) is 6. The van der Waals surface area contributed by atoms with Crippen LogP contribution in [0, 0.1) is 6.92 Å². The second-order valence-electron chi connectivity index (χ2n) is 5.69. The molecule has 0 radical (unpaired) electrons. The van der Waals surface area contributed by atoms with E-state index < -0.39 is 0 Å². The van der Waals surface area contributed by atoms with Gasteiger partial charge in [0.2, 0.25) is 5.88 Å². The third-order valence-corrected chi connectivity index (χ3v) is 4.07. The Morgan fingerprint density at radius 3 is 2.77 bits per heavy atom. The lowest BCUT2D eigenvalue weighted by atomic mass is 9.98. The predicted octanol–water partition coefficient (Wildman–Crippen LogP) is 1.78. The molecule has 0 bridgehead atoms. The quantitative estimate of drug-likeness (QED) is 0.926. The molecule has 1 saturated carbocycles. The van der Waals surface area contributed by atoms with Crippen molar-refractivity contribution in [3.63, 3.8) is 0 Å². The third kappa shape index (κ3) is 2.94. The molecule has 0 spiro atoms. The van der Waals surface area contributed by atoms with Crippen molar-refractivity contribution in [3.8, 4) is 17.3 Å². The number of hydrogen-bond donors (Lipinski definition) is 1. The van der Waals surface area contributed by atoms with E-state index in [1.54, 1.807) is 17.9 Å². The van der Waals surface area contributed by atoms with Crippen molar-refractivity contribution in [3.05, 3.63) is 17.6 Å². The average Bonchev–Trinajstić information content (AvgIpc) is 2.91. The average molecular weight is 303 g/mol. The van der Waals surface area contributed by atoms with Crippen molar-refractivity contribution in [2.75, 3.05) is 0 Å². The van der Waals surface area contributed by atoms with Crippen LogP contribution in [0.2, 0.25) is 0 Å². The Morgan fingerprint density at radius 1 is 1.32 bits per heavy atom. The van der Waals surface area contributed by atoms with Crippen LogP contribution in [-0.2, 0) is 13.7 Å². The van der Waals surface area contributed by atoms with Gasteiger partial charge in [-0.15, -0.1) is 5.10 Å². The molecule has 0 saturated heterocycles. The zero-order chi connectivity index (χ0) is 15.5. The zero-order valence-electron chi connectivity index (χ0n) is 13.0. The molecule has 3 rings (SSSR count). The summed E-state index contributed by atoms with van der Waals surface area (Å²) in [6.45, 7) is 1.74. The van der Waals surface area contributed by atoms with E-state index in [-0.39, 0.29) is 12.7 Å². The Labute approximate surface area is 129 Å². The minimum Gasteiger partial charge on any atom is -0.473 e. The van der Waals surface area contributed by atoms with E-state index in [2.05, 4.69) is 20.3 Å². The molecule has 118 valence electrons. The summed E-state index contributed by atoms with van der Waals surface area (Å²) in [5, 5.41) is 17.4. The van der Waals surface area contributed by atoms with E-state index in [0.29, 0.717) is 23.0 Å². The van der Waals surface area contributed by atoms with Crippen molar-refractivity contribution in [2.24, 2.45) is 7.05 Å². The second kappa shape index (κ2) is 6.39. The first-order valence-corrected chi connectivity index (χ1v) is 7.69. The molecule has 2 aromatic heterocycles. The molecule has 7 heteroatoms. The van der Waals surface area contributed by atoms with Gasteiger partial charge < -0.3 is 9.84 Å². The first-order valence-electron chi connectivity index (χ1n) is 7.69. The molecule has 1 fully saturated rings. The zero-order valence-corrected chi connectivity index (χ0v) is 13.0. The maximum absolute atomic E-state index is 9.42. The summed E-state index contributed by atoms with van der Waals surface area (Å²) in [6.07, 6.45) is 7.78. The highest BCUT2D eigenvalue weighted by atomic mass is 16.5. The Bertz CT molecular complexity index is 649. The van der Waals surface area contributed by atoms with Gasteiger partial charge in [-0.2, -0.15) is 0 Å². The first kappa shape index (κ1) is 14.9. The number of aromatic nitrogens is 5. The van der Waals surface area contributed by atoms with Gasteiger partial charge in [0.1, 0.15) is 23.2 Å². The standard InChI is InChI=1S/C15H21N5O2/c1-10-15(22-11-6-4-3-5-7-11)16-8-12(17-10)14-13(9-21)20(2)19-18-14/h8,11,21H,3-7,9H2,1-2H3. The van der Waals surface area contributed by atoms with Gasteiger partial charge in [-0.05, 0) is 32.6 Å². The van der Waals surface area contributed by atoms with Gasteiger partial charge in [-0.25, -0.2) is 14.6 Å². The first-order chi connectivity index (χ1) is 10.7. The number of aryl methyl sites for hydroxylation is 2. The van der Waals surface area contributed by atoms with Crippen molar-refractivity contribution in [1.82, 2.24) is 25.0 Å². The van der Waals surface area contributed by atoms with Gasteiger partial charge in [-0.1, -0.05) is 11.6 Å². The highest BCUT2D eigenvalue weighted by Crippen LogP contribution is 2.25. The highest BCUT2D eigenvalue weighted by Gasteiger charge is 2.19. The van der Waals surface area contributed by atoms with Gasteiger partial charge >= 0.3 is 0 Å². The molecular formula is C15H21N5O2. The van der Waals surface area contributed by atoms with Gasteiger partial charge in [-0.3, -0.25) is 0 Å². The number of aliphatic hydroxyl groups is 1. The van der Waals surface area contributed by atoms with Crippen molar-refractivity contribution in [1.29, 1.82) is 0 Å². The van der Waals surface area contributed by atoms with Gasteiger partial charge in [0, 0.05) is 7.05 Å². The van der Waals surface area contributed by atoms with Crippen molar-refractivity contribution < 1.29 is 9.84 Å². The number of nitrogens with zero attached hydrogens (tertiary/aromatic N) is 5. The number of rotatable bonds is 4. The van der Waals surface area contributed by atoms with E-state index >= 15 is 0 Å². The molecule has 0 aliphatic heterocycles. The Hall–Kier alpha value is -2.02. The van der Waals surface area contributed by atoms with Crippen LogP contribution in [0.15, 0.2) is 6.20 Å². The van der Waals surface area contributed by atoms with Gasteiger partial charge in [0.25, 0.3) is 0 Å². The normalized spacial score (nSPS) is 16.0. The maximum atomic E-state index is 9.42. The number of ether oxygens (including phenoxy) is 1. The largest absolute Gasteiger partial charge is 0.473 e. The summed E-state index contributed by atoms with van der Waals surface area (Å²) in [4.78, 5) is 8.91. The van der Waals surface area contributed by atoms with E-state index in [4.69, 9.17) is 4.74 Å². The SMILES string of the molecule is Cc1nc(-c2nnn(C)c2CO)cnc1OC1CCCCC1. The van der Waals surface area contributed by atoms with Crippen LogP contribution in [0.1, 0.15) is 43.5 Å². The number of aliphatic hydroxyl groups excluding tert-OH is 1. The van der Waals surface area contributed by atoms with E-state index in [0.717, 1.165) is 18.5 Å². The summed E-state index contributed by atoms with van der Waals surface area (Å²) >= 11 is 0. The molecule has 2 heterocycles. The predicted molar refractivity (Wildman–Crippen MR) is 80.2 cm³/mol. The van der Waals surface area contributed by atoms with Crippen LogP contribution >= 0.6 is 0 Å². The lowest BCUT2D eigenvalue weighted by molar-refractivity contribution is 0.147. The third-order valence-electron chi connectivity index (χ3n) is 4.07. The molecule has 0 aromatic carbocycles. The van der Waals surface area contributed by atoms with Crippen molar-refractivity contribution in [2.45, 2.75) is 51.7 Å². The van der Waals surface area contributed by atoms with E-state index in [1.807, 2.05) is 6.92 Å². The minimum absolute atomic E-state index is 0.139. The summed E-state index contributed by atoms with van der Waals surface area (Å²) < 4.78 is 7.51. The van der Waals surface area contributed by atoms with Crippen LogP contribution in [-0.4, -0.2) is 36.2 Å². The van der Waals surface area contributed by atoms with E-state index in [1.165, 1.54) is 19.3 Å². The Morgan fingerprint density at radius 2 is 2.09 bits per heavy atom. The summed E-state index contributed by atoms with van der Waals surface area (Å²) in [7, 11) is 1.74. The summed E-state index contributed by atoms with van der Waals surface area (Å²) in [6, 6.07) is 0. The molecule has 0 unspecified atom stereocenters. The topological polar surface area (TPSA) is 86.0 Å². The Balaban J connectivity index is 1.82. The summed E-state index contributed by atoms with van der Waals surface area (Å²) in [5.74, 6) is 0.588. The van der Waals surface area contributed by atoms with Gasteiger partial charge in [0.05, 0.1) is 18.5 Å². The molecule has 22 heavy (non-hydrogen) atoms. The van der Waals surface area contributed by atoms with Gasteiger partial charge in [0.15, 0.2) is 0 Å². The smallest absolute Gasteiger partial charge is 0.235 e. The fraction of sp³-hybridized carbons (Fsp3) is 0.600. The lowest BCUT2D eigenvalue weighted by Gasteiger charge is -2.22. The van der Waals surface area contributed by atoms with Crippen LogP contribution in [0.5, 0.6) is 5.88 Å². The fourth-order valence-corrected chi connectivity index (χ4v) is 2.79. The van der Waals surface area contributed by atoms with Crippen LogP contribution in [0.25, 0.3) is 11.4 Å². The second-order valence-corrected chi connectivity index (χ2v) is 5.69. The van der Waals surface area contributed by atoms with E-state index in [9.17, 15) is 5.11 Å². The molecule has 1 N–H and O–H groups in total. The monoisotopic (exact) mass is 303 g/mol. The maximum Gasteiger partial charge on any atom is 0.235 e. The summed E-state index contributed by atoms with van der Waals surface area (Å²) in [5.41, 5.74) is 2.52. The molecule has 0 atom stereocenters. The van der Waals surface area contributed by atoms with Crippen LogP contribution < -0.4 is 4.74 Å².